The highest BCUT2D eigenvalue weighted by atomic mass is 32.2. The number of hydrogen-bond donors (Lipinski definition) is 2. The minimum atomic E-state index is -3.89. The highest BCUT2D eigenvalue weighted by Gasteiger charge is 2.17. The van der Waals surface area contributed by atoms with Gasteiger partial charge in [0.15, 0.2) is 0 Å². The molecule has 8 heteroatoms. The van der Waals surface area contributed by atoms with Crippen LogP contribution >= 0.6 is 0 Å². The summed E-state index contributed by atoms with van der Waals surface area (Å²) < 4.78 is 39.0. The van der Waals surface area contributed by atoms with Crippen LogP contribution in [0.1, 0.15) is 15.9 Å². The lowest BCUT2D eigenvalue weighted by atomic mass is 10.2. The Kier molecular flexibility index (Phi) is 7.03. The van der Waals surface area contributed by atoms with Crippen molar-refractivity contribution in [1.82, 2.24) is 0 Å². The molecule has 7 nitrogen and oxygen atoms in total. The van der Waals surface area contributed by atoms with Crippen LogP contribution in [0, 0.1) is 6.92 Å². The first-order valence-corrected chi connectivity index (χ1v) is 12.2. The van der Waals surface area contributed by atoms with E-state index in [0.29, 0.717) is 28.6 Å². The Bertz CT molecular complexity index is 1420. The van der Waals surface area contributed by atoms with Crippen molar-refractivity contribution in [3.05, 3.63) is 108 Å². The van der Waals surface area contributed by atoms with Crippen LogP contribution in [0.2, 0.25) is 0 Å². The molecule has 4 aromatic rings. The Labute approximate surface area is 204 Å². The molecule has 0 aliphatic rings. The van der Waals surface area contributed by atoms with E-state index in [4.69, 9.17) is 9.47 Å². The molecule has 0 saturated heterocycles. The van der Waals surface area contributed by atoms with Crippen LogP contribution in [-0.2, 0) is 10.0 Å². The SMILES string of the molecule is COc1ccc(NS(=O)(=O)c2cccc(C(=O)Nc3ccc(Oc4ccc(C)cc4)cc3)c2)cc1. The van der Waals surface area contributed by atoms with E-state index in [1.54, 1.807) is 54.6 Å². The molecule has 2 N–H and O–H groups in total. The highest BCUT2D eigenvalue weighted by molar-refractivity contribution is 7.92. The fourth-order valence-electron chi connectivity index (χ4n) is 3.23. The molecule has 35 heavy (non-hydrogen) atoms. The fraction of sp³-hybridized carbons (Fsp3) is 0.0741. The Morgan fingerprint density at radius 2 is 1.31 bits per heavy atom. The molecule has 0 spiro atoms. The number of nitrogens with one attached hydrogen (secondary N) is 2. The number of aryl methyl sites for hydroxylation is 1. The van der Waals surface area contributed by atoms with E-state index in [0.717, 1.165) is 5.56 Å². The number of carbonyl (C=O) groups is 1. The van der Waals surface area contributed by atoms with Gasteiger partial charge in [-0.3, -0.25) is 9.52 Å². The number of rotatable bonds is 8. The number of amides is 1. The summed E-state index contributed by atoms with van der Waals surface area (Å²) in [6.07, 6.45) is 0. The maximum Gasteiger partial charge on any atom is 0.261 e. The molecule has 0 aliphatic carbocycles. The van der Waals surface area contributed by atoms with Crippen molar-refractivity contribution in [1.29, 1.82) is 0 Å². The van der Waals surface area contributed by atoms with E-state index in [1.165, 1.54) is 25.3 Å². The number of benzene rings is 4. The topological polar surface area (TPSA) is 93.7 Å². The smallest absolute Gasteiger partial charge is 0.261 e. The third kappa shape index (κ3) is 6.18. The quantitative estimate of drug-likeness (QED) is 0.325. The third-order valence-corrected chi connectivity index (χ3v) is 6.50. The van der Waals surface area contributed by atoms with E-state index in [1.807, 2.05) is 31.2 Å². The van der Waals surface area contributed by atoms with Crippen molar-refractivity contribution in [3.8, 4) is 17.2 Å². The second-order valence-corrected chi connectivity index (χ2v) is 9.44. The van der Waals surface area contributed by atoms with Crippen molar-refractivity contribution in [2.45, 2.75) is 11.8 Å². The molecule has 178 valence electrons. The van der Waals surface area contributed by atoms with Gasteiger partial charge >= 0.3 is 0 Å². The molecule has 0 heterocycles. The normalized spacial score (nSPS) is 10.9. The predicted octanol–water partition coefficient (Wildman–Crippen LogP) is 5.85. The van der Waals surface area contributed by atoms with Gasteiger partial charge in [0, 0.05) is 16.9 Å². The largest absolute Gasteiger partial charge is 0.497 e. The Morgan fingerprint density at radius 3 is 1.94 bits per heavy atom. The molecule has 0 atom stereocenters. The van der Waals surface area contributed by atoms with Crippen LogP contribution in [0.25, 0.3) is 0 Å². The summed E-state index contributed by atoms with van der Waals surface area (Å²) in [4.78, 5) is 12.7. The summed E-state index contributed by atoms with van der Waals surface area (Å²) in [5.41, 5.74) is 2.29. The number of hydrogen-bond acceptors (Lipinski definition) is 5. The Hall–Kier alpha value is -4.30. The van der Waals surface area contributed by atoms with Crippen LogP contribution in [0.3, 0.4) is 0 Å². The van der Waals surface area contributed by atoms with Gasteiger partial charge in [-0.15, -0.1) is 0 Å². The van der Waals surface area contributed by atoms with Gasteiger partial charge in [0.05, 0.1) is 12.0 Å². The maximum atomic E-state index is 12.8. The highest BCUT2D eigenvalue weighted by Crippen LogP contribution is 2.24. The maximum absolute atomic E-state index is 12.8. The van der Waals surface area contributed by atoms with Gasteiger partial charge in [0.2, 0.25) is 0 Å². The first kappa shape index (κ1) is 23.8. The van der Waals surface area contributed by atoms with Gasteiger partial charge < -0.3 is 14.8 Å². The summed E-state index contributed by atoms with van der Waals surface area (Å²) in [6, 6.07) is 26.9. The van der Waals surface area contributed by atoms with E-state index in [9.17, 15) is 13.2 Å². The standard InChI is InChI=1S/C27H24N2O5S/c1-19-6-12-24(13-7-19)34-25-16-8-21(9-17-25)28-27(30)20-4-3-5-26(18-20)35(31,32)29-22-10-14-23(33-2)15-11-22/h3-18,29H,1-2H3,(H,28,30). The van der Waals surface area contributed by atoms with Crippen LogP contribution < -0.4 is 19.5 Å². The zero-order chi connectivity index (χ0) is 24.8. The van der Waals surface area contributed by atoms with Crippen molar-refractivity contribution >= 4 is 27.3 Å². The number of anilines is 2. The van der Waals surface area contributed by atoms with Gasteiger partial charge in [-0.1, -0.05) is 23.8 Å². The van der Waals surface area contributed by atoms with Gasteiger partial charge in [-0.05, 0) is 85.8 Å². The average molecular weight is 489 g/mol. The molecule has 0 unspecified atom stereocenters. The zero-order valence-corrected chi connectivity index (χ0v) is 20.0. The molecule has 0 aromatic heterocycles. The van der Waals surface area contributed by atoms with Crippen LogP contribution in [0.5, 0.6) is 17.2 Å². The predicted molar refractivity (Wildman–Crippen MR) is 136 cm³/mol. The summed E-state index contributed by atoms with van der Waals surface area (Å²) in [7, 11) is -2.36. The van der Waals surface area contributed by atoms with Crippen molar-refractivity contribution in [2.75, 3.05) is 17.1 Å². The Balaban J connectivity index is 1.43. The lowest BCUT2D eigenvalue weighted by Gasteiger charge is -2.11. The van der Waals surface area contributed by atoms with E-state index in [-0.39, 0.29) is 10.5 Å². The molecule has 0 saturated carbocycles. The lowest BCUT2D eigenvalue weighted by Crippen LogP contribution is -2.16. The van der Waals surface area contributed by atoms with Crippen molar-refractivity contribution < 1.29 is 22.7 Å². The van der Waals surface area contributed by atoms with Crippen LogP contribution in [0.4, 0.5) is 11.4 Å². The van der Waals surface area contributed by atoms with Crippen molar-refractivity contribution in [2.24, 2.45) is 0 Å². The van der Waals surface area contributed by atoms with Gasteiger partial charge in [0.1, 0.15) is 17.2 Å². The van der Waals surface area contributed by atoms with E-state index < -0.39 is 15.9 Å². The number of ether oxygens (including phenoxy) is 2. The second kappa shape index (κ2) is 10.3. The molecular formula is C27H24N2O5S. The first-order chi connectivity index (χ1) is 16.8. The van der Waals surface area contributed by atoms with Crippen molar-refractivity contribution in [3.63, 3.8) is 0 Å². The minimum Gasteiger partial charge on any atom is -0.497 e. The van der Waals surface area contributed by atoms with E-state index >= 15 is 0 Å². The zero-order valence-electron chi connectivity index (χ0n) is 19.2. The fourth-order valence-corrected chi connectivity index (χ4v) is 4.33. The van der Waals surface area contributed by atoms with Gasteiger partial charge in [0.25, 0.3) is 15.9 Å². The molecule has 4 rings (SSSR count). The second-order valence-electron chi connectivity index (χ2n) is 7.76. The number of carbonyl (C=O) groups excluding carboxylic acids is 1. The average Bonchev–Trinajstić information content (AvgIpc) is 2.87. The molecule has 0 fully saturated rings. The van der Waals surface area contributed by atoms with E-state index in [2.05, 4.69) is 10.0 Å². The van der Waals surface area contributed by atoms with Crippen LogP contribution in [-0.4, -0.2) is 21.4 Å². The minimum absolute atomic E-state index is 0.0252. The lowest BCUT2D eigenvalue weighted by molar-refractivity contribution is 0.102. The summed E-state index contributed by atoms with van der Waals surface area (Å²) >= 11 is 0. The first-order valence-electron chi connectivity index (χ1n) is 10.8. The molecule has 0 radical (unpaired) electrons. The summed E-state index contributed by atoms with van der Waals surface area (Å²) in [5, 5.41) is 2.77. The summed E-state index contributed by atoms with van der Waals surface area (Å²) in [5.74, 6) is 1.53. The van der Waals surface area contributed by atoms with Crippen LogP contribution in [0.15, 0.2) is 102 Å². The summed E-state index contributed by atoms with van der Waals surface area (Å²) in [6.45, 7) is 2.00. The molecular weight excluding hydrogens is 464 g/mol. The Morgan fingerprint density at radius 1 is 0.743 bits per heavy atom. The number of sulfonamides is 1. The third-order valence-electron chi connectivity index (χ3n) is 5.12. The molecule has 1 amide bonds. The van der Waals surface area contributed by atoms with Gasteiger partial charge in [-0.2, -0.15) is 0 Å². The number of methoxy groups -OCH3 is 1. The van der Waals surface area contributed by atoms with Gasteiger partial charge in [-0.25, -0.2) is 8.42 Å². The molecule has 4 aromatic carbocycles. The molecule has 0 bridgehead atoms. The molecule has 0 aliphatic heterocycles. The monoisotopic (exact) mass is 488 g/mol.